The Morgan fingerprint density at radius 2 is 2.21 bits per heavy atom. The Morgan fingerprint density at radius 1 is 1.42 bits per heavy atom. The Hall–Kier alpha value is -1.06. The van der Waals surface area contributed by atoms with Crippen LogP contribution < -0.4 is 10.5 Å². The fraction of sp³-hybridized carbons (Fsp3) is 0.625. The van der Waals surface area contributed by atoms with Gasteiger partial charge in [0.25, 0.3) is 0 Å². The summed E-state index contributed by atoms with van der Waals surface area (Å²) in [5.74, 6) is 1.34. The highest BCUT2D eigenvalue weighted by Gasteiger charge is 2.38. The smallest absolute Gasteiger partial charge is 0.122 e. The molecule has 2 rings (SSSR count). The summed E-state index contributed by atoms with van der Waals surface area (Å²) < 4.78 is 5.88. The molecule has 3 heteroatoms. The molecule has 1 aliphatic rings. The molecule has 3 N–H and O–H groups in total. The maximum absolute atomic E-state index is 9.43. The number of rotatable bonds is 5. The average Bonchev–Trinajstić information content (AvgIpc) is 2.76. The van der Waals surface area contributed by atoms with Gasteiger partial charge in [-0.3, -0.25) is 0 Å². The van der Waals surface area contributed by atoms with Gasteiger partial charge in [0.2, 0.25) is 0 Å². The van der Waals surface area contributed by atoms with Crippen molar-refractivity contribution in [2.24, 2.45) is 11.7 Å². The van der Waals surface area contributed by atoms with E-state index in [9.17, 15) is 5.11 Å². The third-order valence-electron chi connectivity index (χ3n) is 4.37. The van der Waals surface area contributed by atoms with Gasteiger partial charge in [-0.05, 0) is 56.2 Å². The highest BCUT2D eigenvalue weighted by atomic mass is 16.5. The zero-order chi connectivity index (χ0) is 13.9. The van der Waals surface area contributed by atoms with E-state index in [-0.39, 0.29) is 12.1 Å². The van der Waals surface area contributed by atoms with Gasteiger partial charge in [0.15, 0.2) is 0 Å². The molecule has 0 bridgehead atoms. The molecule has 1 aromatic rings. The Balaban J connectivity index is 1.88. The van der Waals surface area contributed by atoms with Crippen LogP contribution in [0, 0.1) is 19.8 Å². The van der Waals surface area contributed by atoms with Crippen LogP contribution in [0.1, 0.15) is 36.8 Å². The molecule has 2 atom stereocenters. The first-order valence-electron chi connectivity index (χ1n) is 7.15. The van der Waals surface area contributed by atoms with Crippen LogP contribution in [0.15, 0.2) is 18.2 Å². The Bertz CT molecular complexity index is 433. The third-order valence-corrected chi connectivity index (χ3v) is 4.37. The van der Waals surface area contributed by atoms with E-state index in [0.717, 1.165) is 37.0 Å². The van der Waals surface area contributed by atoms with E-state index in [1.807, 2.05) is 0 Å². The Labute approximate surface area is 115 Å². The molecule has 1 aliphatic carbocycles. The number of aliphatic hydroxyl groups is 1. The molecule has 0 spiro atoms. The van der Waals surface area contributed by atoms with Gasteiger partial charge in [-0.25, -0.2) is 0 Å². The summed E-state index contributed by atoms with van der Waals surface area (Å²) in [6, 6.07) is 6.25. The van der Waals surface area contributed by atoms with Crippen LogP contribution in [0.25, 0.3) is 0 Å². The number of ether oxygens (including phenoxy) is 1. The molecule has 1 aromatic carbocycles. The predicted octanol–water partition coefficient (Wildman–Crippen LogP) is 2.56. The molecule has 19 heavy (non-hydrogen) atoms. The third kappa shape index (κ3) is 3.28. The van der Waals surface area contributed by atoms with Gasteiger partial charge in [0.05, 0.1) is 13.2 Å². The Morgan fingerprint density at radius 3 is 2.95 bits per heavy atom. The van der Waals surface area contributed by atoms with Crippen molar-refractivity contribution >= 4 is 0 Å². The molecule has 0 aromatic heterocycles. The number of hydrogen-bond donors (Lipinski definition) is 2. The van der Waals surface area contributed by atoms with Gasteiger partial charge < -0.3 is 15.6 Å². The number of aryl methyl sites for hydroxylation is 2. The molecule has 1 saturated carbocycles. The Kier molecular flexibility index (Phi) is 4.48. The lowest BCUT2D eigenvalue weighted by atomic mass is 9.87. The summed E-state index contributed by atoms with van der Waals surface area (Å²) in [7, 11) is 0. The zero-order valence-electron chi connectivity index (χ0n) is 12.0. The van der Waals surface area contributed by atoms with Crippen molar-refractivity contribution in [3.05, 3.63) is 29.3 Å². The minimum absolute atomic E-state index is 0.0845. The van der Waals surface area contributed by atoms with E-state index in [2.05, 4.69) is 32.0 Å². The van der Waals surface area contributed by atoms with Gasteiger partial charge in [-0.2, -0.15) is 0 Å². The molecule has 0 radical (unpaired) electrons. The normalized spacial score (nSPS) is 26.6. The standard InChI is InChI=1S/C16H25NO2/c1-12-5-6-13(2)15(10-12)19-9-7-14-4-3-8-16(14,17)11-18/h5-6,10,14,18H,3-4,7-9,11,17H2,1-2H3. The lowest BCUT2D eigenvalue weighted by Gasteiger charge is -2.29. The van der Waals surface area contributed by atoms with Crippen LogP contribution in [0.5, 0.6) is 5.75 Å². The van der Waals surface area contributed by atoms with Crippen LogP contribution in [0.2, 0.25) is 0 Å². The van der Waals surface area contributed by atoms with Crippen LogP contribution in [0.4, 0.5) is 0 Å². The average molecular weight is 263 g/mol. The summed E-state index contributed by atoms with van der Waals surface area (Å²) in [4.78, 5) is 0. The van der Waals surface area contributed by atoms with Crippen molar-refractivity contribution < 1.29 is 9.84 Å². The van der Waals surface area contributed by atoms with E-state index in [1.54, 1.807) is 0 Å². The van der Waals surface area contributed by atoms with Crippen molar-refractivity contribution in [1.82, 2.24) is 0 Å². The van der Waals surface area contributed by atoms with Gasteiger partial charge in [0.1, 0.15) is 5.75 Å². The highest BCUT2D eigenvalue weighted by Crippen LogP contribution is 2.35. The first kappa shape index (κ1) is 14.4. The zero-order valence-corrected chi connectivity index (χ0v) is 12.0. The molecule has 0 amide bonds. The van der Waals surface area contributed by atoms with Crippen molar-refractivity contribution in [3.63, 3.8) is 0 Å². The summed E-state index contributed by atoms with van der Waals surface area (Å²) in [5.41, 5.74) is 8.22. The first-order chi connectivity index (χ1) is 9.05. The monoisotopic (exact) mass is 263 g/mol. The molecular formula is C16H25NO2. The van der Waals surface area contributed by atoms with E-state index in [1.165, 1.54) is 5.56 Å². The van der Waals surface area contributed by atoms with E-state index >= 15 is 0 Å². The molecule has 2 unspecified atom stereocenters. The van der Waals surface area contributed by atoms with Crippen molar-refractivity contribution in [2.45, 2.75) is 45.1 Å². The second-order valence-electron chi connectivity index (χ2n) is 5.89. The van der Waals surface area contributed by atoms with E-state index in [4.69, 9.17) is 10.5 Å². The number of nitrogens with two attached hydrogens (primary N) is 1. The lowest BCUT2D eigenvalue weighted by molar-refractivity contribution is 0.143. The SMILES string of the molecule is Cc1ccc(C)c(OCCC2CCCC2(N)CO)c1. The van der Waals surface area contributed by atoms with Crippen LogP contribution in [-0.4, -0.2) is 23.9 Å². The van der Waals surface area contributed by atoms with Gasteiger partial charge in [-0.15, -0.1) is 0 Å². The number of benzene rings is 1. The molecular weight excluding hydrogens is 238 g/mol. The summed E-state index contributed by atoms with van der Waals surface area (Å²) in [6.45, 7) is 4.89. The molecule has 3 nitrogen and oxygen atoms in total. The van der Waals surface area contributed by atoms with Gasteiger partial charge in [0, 0.05) is 5.54 Å². The first-order valence-corrected chi connectivity index (χ1v) is 7.15. The lowest BCUT2D eigenvalue weighted by Crippen LogP contribution is -2.47. The maximum Gasteiger partial charge on any atom is 0.122 e. The molecule has 0 aliphatic heterocycles. The minimum Gasteiger partial charge on any atom is -0.493 e. The summed E-state index contributed by atoms with van der Waals surface area (Å²) in [6.07, 6.45) is 4.07. The van der Waals surface area contributed by atoms with E-state index < -0.39 is 0 Å². The predicted molar refractivity (Wildman–Crippen MR) is 77.4 cm³/mol. The van der Waals surface area contributed by atoms with Crippen molar-refractivity contribution in [2.75, 3.05) is 13.2 Å². The molecule has 0 saturated heterocycles. The number of aliphatic hydroxyl groups excluding tert-OH is 1. The van der Waals surface area contributed by atoms with Crippen LogP contribution in [-0.2, 0) is 0 Å². The van der Waals surface area contributed by atoms with Crippen molar-refractivity contribution in [1.29, 1.82) is 0 Å². The minimum atomic E-state index is -0.384. The molecule has 0 heterocycles. The fourth-order valence-corrected chi connectivity index (χ4v) is 2.98. The maximum atomic E-state index is 9.43. The van der Waals surface area contributed by atoms with Crippen LogP contribution >= 0.6 is 0 Å². The quantitative estimate of drug-likeness (QED) is 0.858. The highest BCUT2D eigenvalue weighted by molar-refractivity contribution is 5.35. The largest absolute Gasteiger partial charge is 0.493 e. The van der Waals surface area contributed by atoms with Crippen molar-refractivity contribution in [3.8, 4) is 5.75 Å². The summed E-state index contributed by atoms with van der Waals surface area (Å²) >= 11 is 0. The van der Waals surface area contributed by atoms with Gasteiger partial charge >= 0.3 is 0 Å². The topological polar surface area (TPSA) is 55.5 Å². The summed E-state index contributed by atoms with van der Waals surface area (Å²) in [5, 5.41) is 9.43. The van der Waals surface area contributed by atoms with Crippen LogP contribution in [0.3, 0.4) is 0 Å². The van der Waals surface area contributed by atoms with Gasteiger partial charge in [-0.1, -0.05) is 18.6 Å². The number of hydrogen-bond acceptors (Lipinski definition) is 3. The fourth-order valence-electron chi connectivity index (χ4n) is 2.98. The second-order valence-corrected chi connectivity index (χ2v) is 5.89. The molecule has 106 valence electrons. The molecule has 1 fully saturated rings. The van der Waals surface area contributed by atoms with E-state index in [0.29, 0.717) is 12.5 Å². The second kappa shape index (κ2) is 5.93.